The molecule has 0 N–H and O–H groups in total. The normalized spacial score (nSPS) is 17.8. The minimum atomic E-state index is 0.237. The van der Waals surface area contributed by atoms with Crippen LogP contribution in [0.15, 0.2) is 23.8 Å². The maximum Gasteiger partial charge on any atom is 0.161 e. The summed E-state index contributed by atoms with van der Waals surface area (Å²) >= 11 is 0. The molecule has 4 nitrogen and oxygen atoms in total. The Bertz CT molecular complexity index is 551. The molecular formula is C18H25NO3. The Kier molecular flexibility index (Phi) is 6.01. The number of piperidine rings is 1. The van der Waals surface area contributed by atoms with Gasteiger partial charge >= 0.3 is 0 Å². The van der Waals surface area contributed by atoms with Crippen LogP contribution in [0.25, 0.3) is 6.08 Å². The quantitative estimate of drug-likeness (QED) is 0.757. The molecule has 0 amide bonds. The third kappa shape index (κ3) is 4.10. The molecule has 0 aliphatic carbocycles. The summed E-state index contributed by atoms with van der Waals surface area (Å²) in [6.07, 6.45) is 2.56. The highest BCUT2D eigenvalue weighted by atomic mass is 16.5. The summed E-state index contributed by atoms with van der Waals surface area (Å²) in [4.78, 5) is 14.4. The number of nitrogens with zero attached hydrogens (tertiary/aromatic N) is 1. The molecule has 0 spiro atoms. The van der Waals surface area contributed by atoms with Crippen LogP contribution in [0.1, 0.15) is 32.8 Å². The van der Waals surface area contributed by atoms with Crippen molar-refractivity contribution < 1.29 is 14.3 Å². The van der Waals surface area contributed by atoms with Crippen LogP contribution in [0.2, 0.25) is 0 Å². The third-order valence-corrected chi connectivity index (χ3v) is 3.78. The molecular weight excluding hydrogens is 278 g/mol. The predicted molar refractivity (Wildman–Crippen MR) is 88.5 cm³/mol. The molecule has 0 saturated carbocycles. The third-order valence-electron chi connectivity index (χ3n) is 3.78. The van der Waals surface area contributed by atoms with Gasteiger partial charge in [-0.2, -0.15) is 0 Å². The lowest BCUT2D eigenvalue weighted by Gasteiger charge is -2.26. The lowest BCUT2D eigenvalue weighted by Crippen LogP contribution is -2.35. The standard InChI is InChI=1S/C18H25NO3/c1-4-19-10-9-17(20)15(13-19)11-14-7-8-16(21-5-2)12-18(14)22-6-3/h7-8,11-12H,4-6,9-10,13H2,1-3H3/b15-11+. The summed E-state index contributed by atoms with van der Waals surface area (Å²) in [6.45, 7) is 9.77. The van der Waals surface area contributed by atoms with Crippen LogP contribution in [0.4, 0.5) is 0 Å². The van der Waals surface area contributed by atoms with Crippen molar-refractivity contribution >= 4 is 11.9 Å². The zero-order chi connectivity index (χ0) is 15.9. The van der Waals surface area contributed by atoms with E-state index in [0.29, 0.717) is 26.2 Å². The van der Waals surface area contributed by atoms with Gasteiger partial charge in [0.1, 0.15) is 11.5 Å². The fraction of sp³-hybridized carbons (Fsp3) is 0.500. The summed E-state index contributed by atoms with van der Waals surface area (Å²) in [5.74, 6) is 1.79. The lowest BCUT2D eigenvalue weighted by molar-refractivity contribution is -0.117. The van der Waals surface area contributed by atoms with Gasteiger partial charge in [-0.1, -0.05) is 6.92 Å². The second kappa shape index (κ2) is 7.99. The summed E-state index contributed by atoms with van der Waals surface area (Å²) in [7, 11) is 0. The van der Waals surface area contributed by atoms with Crippen LogP contribution in [-0.2, 0) is 4.79 Å². The van der Waals surface area contributed by atoms with Crippen molar-refractivity contribution in [1.82, 2.24) is 4.90 Å². The van der Waals surface area contributed by atoms with Crippen LogP contribution in [-0.4, -0.2) is 43.5 Å². The Hall–Kier alpha value is -1.81. The topological polar surface area (TPSA) is 38.8 Å². The van der Waals surface area contributed by atoms with Crippen LogP contribution in [0, 0.1) is 0 Å². The second-order valence-electron chi connectivity index (χ2n) is 5.28. The first kappa shape index (κ1) is 16.6. The Morgan fingerprint density at radius 1 is 1.18 bits per heavy atom. The maximum absolute atomic E-state index is 12.1. The SMILES string of the molecule is CCOc1ccc(/C=C2\CN(CC)CCC2=O)c(OCC)c1. The molecule has 0 unspecified atom stereocenters. The summed E-state index contributed by atoms with van der Waals surface area (Å²) in [6, 6.07) is 5.77. The fourth-order valence-corrected chi connectivity index (χ4v) is 2.58. The van der Waals surface area contributed by atoms with Gasteiger partial charge in [0, 0.05) is 36.7 Å². The summed E-state index contributed by atoms with van der Waals surface area (Å²) < 4.78 is 11.2. The number of Topliss-reactive ketones (excluding diaryl/α,β-unsaturated/α-hetero) is 1. The molecule has 0 radical (unpaired) electrons. The Morgan fingerprint density at radius 3 is 2.64 bits per heavy atom. The van der Waals surface area contributed by atoms with Gasteiger partial charge in [-0.25, -0.2) is 0 Å². The number of benzene rings is 1. The van der Waals surface area contributed by atoms with Gasteiger partial charge in [0.2, 0.25) is 0 Å². The van der Waals surface area contributed by atoms with Crippen LogP contribution in [0.5, 0.6) is 11.5 Å². The molecule has 0 bridgehead atoms. The average molecular weight is 303 g/mol. The van der Waals surface area contributed by atoms with E-state index in [4.69, 9.17) is 9.47 Å². The van der Waals surface area contributed by atoms with Gasteiger partial charge in [0.25, 0.3) is 0 Å². The number of carbonyl (C=O) groups excluding carboxylic acids is 1. The van der Waals surface area contributed by atoms with E-state index in [0.717, 1.165) is 35.7 Å². The predicted octanol–water partition coefficient (Wildman–Crippen LogP) is 3.16. The smallest absolute Gasteiger partial charge is 0.161 e. The van der Waals surface area contributed by atoms with Gasteiger partial charge in [-0.15, -0.1) is 0 Å². The number of ketones is 1. The fourth-order valence-electron chi connectivity index (χ4n) is 2.58. The molecule has 4 heteroatoms. The monoisotopic (exact) mass is 303 g/mol. The number of hydrogen-bond donors (Lipinski definition) is 0. The van der Waals surface area contributed by atoms with Crippen molar-refractivity contribution in [3.63, 3.8) is 0 Å². The van der Waals surface area contributed by atoms with E-state index in [2.05, 4.69) is 11.8 Å². The van der Waals surface area contributed by atoms with Crippen molar-refractivity contribution in [2.75, 3.05) is 32.8 Å². The zero-order valence-corrected chi connectivity index (χ0v) is 13.7. The second-order valence-corrected chi connectivity index (χ2v) is 5.28. The van der Waals surface area contributed by atoms with Gasteiger partial charge in [0.15, 0.2) is 5.78 Å². The highest BCUT2D eigenvalue weighted by Gasteiger charge is 2.20. The number of likely N-dealkylation sites (N-methyl/N-ethyl adjacent to an activating group) is 1. The number of carbonyl (C=O) groups is 1. The van der Waals surface area contributed by atoms with E-state index in [1.807, 2.05) is 38.1 Å². The molecule has 0 atom stereocenters. The molecule has 1 aliphatic rings. The lowest BCUT2D eigenvalue weighted by atomic mass is 10.00. The largest absolute Gasteiger partial charge is 0.494 e. The number of likely N-dealkylation sites (tertiary alicyclic amines) is 1. The molecule has 1 aromatic rings. The van der Waals surface area contributed by atoms with Crippen molar-refractivity contribution in [1.29, 1.82) is 0 Å². The van der Waals surface area contributed by atoms with E-state index in [-0.39, 0.29) is 5.78 Å². The van der Waals surface area contributed by atoms with Gasteiger partial charge in [-0.05, 0) is 38.6 Å². The average Bonchev–Trinajstić information content (AvgIpc) is 2.52. The first-order valence-electron chi connectivity index (χ1n) is 8.03. The molecule has 1 aromatic carbocycles. The van der Waals surface area contributed by atoms with E-state index in [9.17, 15) is 4.79 Å². The first-order valence-corrected chi connectivity index (χ1v) is 8.03. The van der Waals surface area contributed by atoms with Crippen molar-refractivity contribution in [3.8, 4) is 11.5 Å². The van der Waals surface area contributed by atoms with Crippen molar-refractivity contribution in [2.45, 2.75) is 27.2 Å². The molecule has 22 heavy (non-hydrogen) atoms. The minimum Gasteiger partial charge on any atom is -0.494 e. The molecule has 120 valence electrons. The molecule has 1 saturated heterocycles. The Balaban J connectivity index is 2.29. The Morgan fingerprint density at radius 2 is 1.95 bits per heavy atom. The number of rotatable bonds is 6. The van der Waals surface area contributed by atoms with E-state index in [1.54, 1.807) is 0 Å². The molecule has 2 rings (SSSR count). The highest BCUT2D eigenvalue weighted by molar-refractivity contribution is 6.01. The van der Waals surface area contributed by atoms with E-state index < -0.39 is 0 Å². The maximum atomic E-state index is 12.1. The van der Waals surface area contributed by atoms with Gasteiger partial charge in [-0.3, -0.25) is 9.69 Å². The zero-order valence-electron chi connectivity index (χ0n) is 13.7. The van der Waals surface area contributed by atoms with Crippen LogP contribution >= 0.6 is 0 Å². The van der Waals surface area contributed by atoms with Crippen molar-refractivity contribution in [2.24, 2.45) is 0 Å². The van der Waals surface area contributed by atoms with Gasteiger partial charge in [0.05, 0.1) is 13.2 Å². The van der Waals surface area contributed by atoms with Crippen molar-refractivity contribution in [3.05, 3.63) is 29.3 Å². The number of ether oxygens (including phenoxy) is 2. The molecule has 1 fully saturated rings. The van der Waals surface area contributed by atoms with Crippen LogP contribution in [0.3, 0.4) is 0 Å². The van der Waals surface area contributed by atoms with E-state index in [1.165, 1.54) is 0 Å². The number of hydrogen-bond acceptors (Lipinski definition) is 4. The summed E-state index contributed by atoms with van der Waals surface area (Å²) in [5, 5.41) is 0. The highest BCUT2D eigenvalue weighted by Crippen LogP contribution is 2.28. The first-order chi connectivity index (χ1) is 10.7. The van der Waals surface area contributed by atoms with Gasteiger partial charge < -0.3 is 9.47 Å². The molecule has 1 aliphatic heterocycles. The summed E-state index contributed by atoms with van der Waals surface area (Å²) in [5.41, 5.74) is 1.80. The van der Waals surface area contributed by atoms with E-state index >= 15 is 0 Å². The molecule has 0 aromatic heterocycles. The molecule has 1 heterocycles. The van der Waals surface area contributed by atoms with Crippen LogP contribution < -0.4 is 9.47 Å². The Labute approximate surface area is 132 Å². The minimum absolute atomic E-state index is 0.237.